The van der Waals surface area contributed by atoms with Gasteiger partial charge in [0.1, 0.15) is 0 Å². The van der Waals surface area contributed by atoms with Crippen molar-refractivity contribution in [1.82, 2.24) is 20.0 Å². The normalized spacial score (nSPS) is 25.8. The number of amides is 1. The molecule has 0 bridgehead atoms. The van der Waals surface area contributed by atoms with E-state index < -0.39 is 0 Å². The summed E-state index contributed by atoms with van der Waals surface area (Å²) in [7, 11) is 4.21. The summed E-state index contributed by atoms with van der Waals surface area (Å²) in [4.78, 5) is 19.0. The molecule has 0 aliphatic carbocycles. The van der Waals surface area contributed by atoms with Crippen molar-refractivity contribution in [1.29, 1.82) is 0 Å². The minimum absolute atomic E-state index is 0.0482. The van der Waals surface area contributed by atoms with Crippen LogP contribution in [-0.4, -0.2) is 98.1 Å². The van der Waals surface area contributed by atoms with Crippen molar-refractivity contribution in [2.45, 2.75) is 6.04 Å². The van der Waals surface area contributed by atoms with Crippen LogP contribution in [0.15, 0.2) is 0 Å². The number of likely N-dealkylation sites (N-methyl/N-ethyl adjacent to an activating group) is 1. The van der Waals surface area contributed by atoms with Gasteiger partial charge in [-0.25, -0.2) is 0 Å². The molecular formula is C13H26N4OS. The average molecular weight is 286 g/mol. The van der Waals surface area contributed by atoms with Crippen LogP contribution in [0.25, 0.3) is 0 Å². The summed E-state index contributed by atoms with van der Waals surface area (Å²) in [6.45, 7) is 6.95. The number of carbonyl (C=O) groups is 1. The number of hydrogen-bond acceptors (Lipinski definition) is 5. The maximum Gasteiger partial charge on any atom is 0.240 e. The Morgan fingerprint density at radius 2 is 2.05 bits per heavy atom. The first-order valence-corrected chi connectivity index (χ1v) is 8.29. The molecule has 1 N–H and O–H groups in total. The van der Waals surface area contributed by atoms with Crippen LogP contribution < -0.4 is 5.32 Å². The Morgan fingerprint density at radius 3 is 2.63 bits per heavy atom. The van der Waals surface area contributed by atoms with Crippen LogP contribution in [0.4, 0.5) is 0 Å². The van der Waals surface area contributed by atoms with Crippen LogP contribution in [0.2, 0.25) is 0 Å². The van der Waals surface area contributed by atoms with Crippen LogP contribution in [0, 0.1) is 0 Å². The third-order valence-corrected chi connectivity index (χ3v) is 4.83. The first-order valence-electron chi connectivity index (χ1n) is 7.14. The largest absolute Gasteiger partial charge is 0.339 e. The molecule has 0 aromatic carbocycles. The second-order valence-electron chi connectivity index (χ2n) is 5.55. The lowest BCUT2D eigenvalue weighted by molar-refractivity contribution is -0.134. The molecular weight excluding hydrogens is 260 g/mol. The Labute approximate surface area is 120 Å². The van der Waals surface area contributed by atoms with Crippen molar-refractivity contribution in [2.75, 3.05) is 71.4 Å². The van der Waals surface area contributed by atoms with Crippen molar-refractivity contribution in [2.24, 2.45) is 0 Å². The van der Waals surface area contributed by atoms with E-state index in [1.54, 1.807) is 0 Å². The van der Waals surface area contributed by atoms with E-state index in [0.717, 1.165) is 57.3 Å². The molecule has 1 amide bonds. The van der Waals surface area contributed by atoms with Gasteiger partial charge in [-0.2, -0.15) is 11.8 Å². The number of hydrogen-bond donors (Lipinski definition) is 1. The fraction of sp³-hybridized carbons (Fsp3) is 0.923. The molecule has 2 aliphatic rings. The van der Waals surface area contributed by atoms with E-state index in [1.807, 2.05) is 16.7 Å². The molecule has 2 saturated heterocycles. The van der Waals surface area contributed by atoms with Gasteiger partial charge in [0.15, 0.2) is 0 Å². The highest BCUT2D eigenvalue weighted by atomic mass is 32.2. The van der Waals surface area contributed by atoms with E-state index in [-0.39, 0.29) is 6.04 Å². The van der Waals surface area contributed by atoms with Gasteiger partial charge in [-0.1, -0.05) is 0 Å². The van der Waals surface area contributed by atoms with E-state index >= 15 is 0 Å². The minimum Gasteiger partial charge on any atom is -0.339 e. The van der Waals surface area contributed by atoms with Gasteiger partial charge in [0.05, 0.1) is 6.04 Å². The maximum atomic E-state index is 12.3. The highest BCUT2D eigenvalue weighted by Gasteiger charge is 2.28. The smallest absolute Gasteiger partial charge is 0.240 e. The van der Waals surface area contributed by atoms with Gasteiger partial charge in [-0.3, -0.25) is 9.69 Å². The average Bonchev–Trinajstić information content (AvgIpc) is 2.46. The Hall–Kier alpha value is -0.300. The Bertz CT molecular complexity index is 286. The molecule has 1 atom stereocenters. The maximum absolute atomic E-state index is 12.3. The number of nitrogens with one attached hydrogen (secondary N) is 1. The lowest BCUT2D eigenvalue weighted by Gasteiger charge is -2.37. The third kappa shape index (κ3) is 4.63. The summed E-state index contributed by atoms with van der Waals surface area (Å²) in [5, 5.41) is 3.34. The molecule has 19 heavy (non-hydrogen) atoms. The first kappa shape index (κ1) is 15.1. The fourth-order valence-electron chi connectivity index (χ4n) is 2.48. The van der Waals surface area contributed by atoms with Crippen molar-refractivity contribution >= 4 is 17.7 Å². The number of rotatable bonds is 4. The molecule has 0 saturated carbocycles. The summed E-state index contributed by atoms with van der Waals surface area (Å²) in [6, 6.07) is 0.0482. The van der Waals surface area contributed by atoms with Gasteiger partial charge in [0, 0.05) is 57.3 Å². The van der Waals surface area contributed by atoms with Gasteiger partial charge < -0.3 is 15.1 Å². The van der Waals surface area contributed by atoms with Crippen LogP contribution in [-0.2, 0) is 4.79 Å². The molecule has 5 nitrogen and oxygen atoms in total. The van der Waals surface area contributed by atoms with Crippen molar-refractivity contribution in [3.8, 4) is 0 Å². The summed E-state index contributed by atoms with van der Waals surface area (Å²) >= 11 is 1.88. The molecule has 2 aliphatic heterocycles. The molecule has 6 heteroatoms. The van der Waals surface area contributed by atoms with E-state index in [2.05, 4.69) is 29.2 Å². The second kappa shape index (κ2) is 7.47. The monoisotopic (exact) mass is 286 g/mol. The predicted octanol–water partition coefficient (Wildman–Crippen LogP) is -0.603. The summed E-state index contributed by atoms with van der Waals surface area (Å²) in [6.07, 6.45) is 0. The molecule has 2 rings (SSSR count). The van der Waals surface area contributed by atoms with E-state index in [9.17, 15) is 4.79 Å². The topological polar surface area (TPSA) is 38.8 Å². The second-order valence-corrected chi connectivity index (χ2v) is 6.70. The fourth-order valence-corrected chi connectivity index (χ4v) is 3.40. The van der Waals surface area contributed by atoms with Gasteiger partial charge in [-0.15, -0.1) is 0 Å². The molecule has 2 fully saturated rings. The minimum atomic E-state index is 0.0482. The van der Waals surface area contributed by atoms with Gasteiger partial charge >= 0.3 is 0 Å². The van der Waals surface area contributed by atoms with E-state index in [0.29, 0.717) is 5.91 Å². The molecule has 0 aromatic heterocycles. The highest BCUT2D eigenvalue weighted by Crippen LogP contribution is 2.11. The van der Waals surface area contributed by atoms with Crippen LogP contribution in [0.3, 0.4) is 0 Å². The van der Waals surface area contributed by atoms with E-state index in [4.69, 9.17) is 0 Å². The third-order valence-electron chi connectivity index (χ3n) is 3.77. The van der Waals surface area contributed by atoms with Crippen LogP contribution in [0.1, 0.15) is 0 Å². The first-order chi connectivity index (χ1) is 9.16. The van der Waals surface area contributed by atoms with Crippen molar-refractivity contribution < 1.29 is 4.79 Å². The zero-order chi connectivity index (χ0) is 13.7. The standard InChI is InChI=1S/C13H26N4OS/c1-15(2)4-5-16-6-8-17(9-7-16)13(18)12-11-19-10-3-14-12/h12,14H,3-11H2,1-2H3. The number of nitrogens with zero attached hydrogens (tertiary/aromatic N) is 3. The molecule has 1 unspecified atom stereocenters. The van der Waals surface area contributed by atoms with Gasteiger partial charge in [-0.05, 0) is 14.1 Å². The SMILES string of the molecule is CN(C)CCN1CCN(C(=O)C2CSCCN2)CC1. The molecule has 110 valence electrons. The van der Waals surface area contributed by atoms with Crippen LogP contribution >= 0.6 is 11.8 Å². The zero-order valence-electron chi connectivity index (χ0n) is 12.1. The number of carbonyl (C=O) groups excluding carboxylic acids is 1. The van der Waals surface area contributed by atoms with Gasteiger partial charge in [0.25, 0.3) is 0 Å². The van der Waals surface area contributed by atoms with Crippen molar-refractivity contribution in [3.05, 3.63) is 0 Å². The molecule has 0 radical (unpaired) electrons. The Balaban J connectivity index is 1.71. The summed E-state index contributed by atoms with van der Waals surface area (Å²) in [5.41, 5.74) is 0. The van der Waals surface area contributed by atoms with Crippen LogP contribution in [0.5, 0.6) is 0 Å². The Kier molecular flexibility index (Phi) is 5.94. The molecule has 2 heterocycles. The highest BCUT2D eigenvalue weighted by molar-refractivity contribution is 7.99. The molecule has 0 aromatic rings. The van der Waals surface area contributed by atoms with Crippen molar-refractivity contribution in [3.63, 3.8) is 0 Å². The van der Waals surface area contributed by atoms with E-state index in [1.165, 1.54) is 0 Å². The lowest BCUT2D eigenvalue weighted by atomic mass is 10.2. The Morgan fingerprint density at radius 1 is 1.32 bits per heavy atom. The molecule has 0 spiro atoms. The van der Waals surface area contributed by atoms with Gasteiger partial charge in [0.2, 0.25) is 5.91 Å². The summed E-state index contributed by atoms with van der Waals surface area (Å²) in [5.74, 6) is 2.36. The lowest BCUT2D eigenvalue weighted by Crippen LogP contribution is -2.56. The number of thioether (sulfide) groups is 1. The number of piperazine rings is 1. The summed E-state index contributed by atoms with van der Waals surface area (Å²) < 4.78 is 0. The quantitative estimate of drug-likeness (QED) is 0.747. The zero-order valence-corrected chi connectivity index (χ0v) is 12.9. The predicted molar refractivity (Wildman–Crippen MR) is 80.7 cm³/mol.